The van der Waals surface area contributed by atoms with Gasteiger partial charge in [-0.05, 0) is 24.3 Å². The van der Waals surface area contributed by atoms with Crippen LogP contribution in [0.2, 0.25) is 0 Å². The van der Waals surface area contributed by atoms with Crippen molar-refractivity contribution in [3.05, 3.63) is 48.0 Å². The van der Waals surface area contributed by atoms with Crippen molar-refractivity contribution >= 4 is 6.09 Å². The van der Waals surface area contributed by atoms with Gasteiger partial charge in [0, 0.05) is 0 Å². The summed E-state index contributed by atoms with van der Waals surface area (Å²) in [5, 5.41) is 10.6. The van der Waals surface area contributed by atoms with Gasteiger partial charge < -0.3 is 4.74 Å². The molecule has 2 rings (SSSR count). The van der Waals surface area contributed by atoms with Crippen molar-refractivity contribution in [3.63, 3.8) is 0 Å². The summed E-state index contributed by atoms with van der Waals surface area (Å²) >= 11 is 0. The van der Waals surface area contributed by atoms with Gasteiger partial charge in [0.2, 0.25) is 0 Å². The van der Waals surface area contributed by atoms with Crippen molar-refractivity contribution in [2.24, 2.45) is 5.92 Å². The second kappa shape index (κ2) is 6.38. The SMILES string of the molecule is C[C@H]1C=CCC[C@@H]1N(O)C(=O)OCc1ccccc1. The molecule has 0 fully saturated rings. The number of hydrogen-bond donors (Lipinski definition) is 1. The molecular formula is C15H19NO3. The predicted molar refractivity (Wildman–Crippen MR) is 71.6 cm³/mol. The van der Waals surface area contributed by atoms with E-state index in [0.29, 0.717) is 0 Å². The fraction of sp³-hybridized carbons (Fsp3) is 0.400. The number of carbonyl (C=O) groups is 1. The molecule has 0 unspecified atom stereocenters. The van der Waals surface area contributed by atoms with Crippen molar-refractivity contribution in [2.75, 3.05) is 0 Å². The molecule has 1 N–H and O–H groups in total. The summed E-state index contributed by atoms with van der Waals surface area (Å²) in [4.78, 5) is 11.8. The Morgan fingerprint density at radius 2 is 2.16 bits per heavy atom. The highest BCUT2D eigenvalue weighted by Gasteiger charge is 2.28. The van der Waals surface area contributed by atoms with E-state index in [4.69, 9.17) is 4.74 Å². The number of amides is 1. The number of carbonyl (C=O) groups excluding carboxylic acids is 1. The molecule has 0 saturated heterocycles. The number of hydroxylamine groups is 2. The molecule has 19 heavy (non-hydrogen) atoms. The molecule has 1 amide bonds. The molecule has 0 saturated carbocycles. The molecule has 2 atom stereocenters. The van der Waals surface area contributed by atoms with Gasteiger partial charge in [0.05, 0.1) is 6.04 Å². The zero-order chi connectivity index (χ0) is 13.7. The average Bonchev–Trinajstić information content (AvgIpc) is 2.45. The van der Waals surface area contributed by atoms with Crippen LogP contribution in [-0.2, 0) is 11.3 Å². The predicted octanol–water partition coefficient (Wildman–Crippen LogP) is 3.37. The highest BCUT2D eigenvalue weighted by molar-refractivity contribution is 5.66. The largest absolute Gasteiger partial charge is 0.443 e. The normalized spacial score (nSPS) is 22.0. The van der Waals surface area contributed by atoms with Gasteiger partial charge in [0.15, 0.2) is 0 Å². The Kier molecular flexibility index (Phi) is 4.58. The first kappa shape index (κ1) is 13.6. The number of rotatable bonds is 3. The Morgan fingerprint density at radius 1 is 1.42 bits per heavy atom. The molecule has 0 aliphatic heterocycles. The monoisotopic (exact) mass is 261 g/mol. The number of benzene rings is 1. The summed E-state index contributed by atoms with van der Waals surface area (Å²) in [6.07, 6.45) is 5.04. The Hall–Kier alpha value is -1.81. The first-order valence-electron chi connectivity index (χ1n) is 6.54. The number of allylic oxidation sites excluding steroid dienone is 1. The van der Waals surface area contributed by atoms with E-state index in [1.165, 1.54) is 0 Å². The van der Waals surface area contributed by atoms with E-state index < -0.39 is 6.09 Å². The van der Waals surface area contributed by atoms with Crippen LogP contribution >= 0.6 is 0 Å². The molecule has 1 aliphatic carbocycles. The smallest absolute Gasteiger partial charge is 0.434 e. The van der Waals surface area contributed by atoms with Crippen LogP contribution in [0, 0.1) is 5.92 Å². The minimum Gasteiger partial charge on any atom is -0.443 e. The molecule has 102 valence electrons. The standard InChI is InChI=1S/C15H19NO3/c1-12-7-5-6-10-14(12)16(18)15(17)19-11-13-8-3-2-4-9-13/h2-5,7-9,12,14,18H,6,10-11H2,1H3/t12-,14-/m0/s1. The summed E-state index contributed by atoms with van der Waals surface area (Å²) in [7, 11) is 0. The van der Waals surface area contributed by atoms with Crippen LogP contribution in [0.4, 0.5) is 4.79 Å². The Bertz CT molecular complexity index is 444. The summed E-state index contributed by atoms with van der Waals surface area (Å²) in [6.45, 7) is 2.15. The van der Waals surface area contributed by atoms with Crippen LogP contribution in [0.15, 0.2) is 42.5 Å². The van der Waals surface area contributed by atoms with Crippen LogP contribution in [0.5, 0.6) is 0 Å². The summed E-state index contributed by atoms with van der Waals surface area (Å²) in [5.41, 5.74) is 0.904. The minimum atomic E-state index is -0.684. The summed E-state index contributed by atoms with van der Waals surface area (Å²) in [6, 6.07) is 9.22. The lowest BCUT2D eigenvalue weighted by Crippen LogP contribution is -2.42. The molecule has 1 aromatic rings. The molecule has 1 aromatic carbocycles. The van der Waals surface area contributed by atoms with Gasteiger partial charge >= 0.3 is 6.09 Å². The van der Waals surface area contributed by atoms with E-state index in [1.54, 1.807) is 0 Å². The van der Waals surface area contributed by atoms with E-state index in [9.17, 15) is 10.0 Å². The zero-order valence-corrected chi connectivity index (χ0v) is 11.0. The molecule has 4 nitrogen and oxygen atoms in total. The molecule has 0 radical (unpaired) electrons. The first-order valence-corrected chi connectivity index (χ1v) is 6.54. The van der Waals surface area contributed by atoms with Crippen LogP contribution in [0.25, 0.3) is 0 Å². The number of ether oxygens (including phenoxy) is 1. The lowest BCUT2D eigenvalue weighted by molar-refractivity contribution is -0.117. The maximum absolute atomic E-state index is 11.8. The molecular weight excluding hydrogens is 242 g/mol. The van der Waals surface area contributed by atoms with Gasteiger partial charge in [-0.2, -0.15) is 5.06 Å². The van der Waals surface area contributed by atoms with Crippen LogP contribution < -0.4 is 0 Å². The number of nitrogens with zero attached hydrogens (tertiary/aromatic N) is 1. The molecule has 0 heterocycles. The van der Waals surface area contributed by atoms with Gasteiger partial charge in [0.1, 0.15) is 6.61 Å². The molecule has 4 heteroatoms. The Labute approximate surface area is 113 Å². The first-order chi connectivity index (χ1) is 9.18. The van der Waals surface area contributed by atoms with Crippen molar-refractivity contribution in [2.45, 2.75) is 32.4 Å². The summed E-state index contributed by atoms with van der Waals surface area (Å²) in [5.74, 6) is 0.142. The Morgan fingerprint density at radius 3 is 2.84 bits per heavy atom. The average molecular weight is 261 g/mol. The third-order valence-corrected chi connectivity index (χ3v) is 3.38. The lowest BCUT2D eigenvalue weighted by Gasteiger charge is -2.30. The van der Waals surface area contributed by atoms with E-state index in [2.05, 4.69) is 6.08 Å². The minimum absolute atomic E-state index is 0.142. The molecule has 0 spiro atoms. The third-order valence-electron chi connectivity index (χ3n) is 3.38. The zero-order valence-electron chi connectivity index (χ0n) is 11.0. The van der Waals surface area contributed by atoms with Gasteiger partial charge in [-0.3, -0.25) is 5.21 Å². The maximum atomic E-state index is 11.8. The fourth-order valence-electron chi connectivity index (χ4n) is 2.23. The van der Waals surface area contributed by atoms with E-state index in [-0.39, 0.29) is 18.6 Å². The van der Waals surface area contributed by atoms with Crippen LogP contribution in [0.3, 0.4) is 0 Å². The molecule has 0 aromatic heterocycles. The topological polar surface area (TPSA) is 49.8 Å². The quantitative estimate of drug-likeness (QED) is 0.515. The van der Waals surface area contributed by atoms with Crippen LogP contribution in [0.1, 0.15) is 25.3 Å². The van der Waals surface area contributed by atoms with Gasteiger partial charge in [0.25, 0.3) is 0 Å². The summed E-state index contributed by atoms with van der Waals surface area (Å²) < 4.78 is 5.10. The lowest BCUT2D eigenvalue weighted by atomic mass is 9.92. The van der Waals surface area contributed by atoms with E-state index >= 15 is 0 Å². The van der Waals surface area contributed by atoms with E-state index in [1.807, 2.05) is 43.3 Å². The van der Waals surface area contributed by atoms with Crippen molar-refractivity contribution in [3.8, 4) is 0 Å². The highest BCUT2D eigenvalue weighted by atomic mass is 16.6. The van der Waals surface area contributed by atoms with E-state index in [0.717, 1.165) is 23.5 Å². The fourth-order valence-corrected chi connectivity index (χ4v) is 2.23. The second-order valence-electron chi connectivity index (χ2n) is 4.82. The third kappa shape index (κ3) is 3.58. The van der Waals surface area contributed by atoms with Crippen LogP contribution in [-0.4, -0.2) is 22.4 Å². The van der Waals surface area contributed by atoms with Gasteiger partial charge in [-0.25, -0.2) is 4.79 Å². The maximum Gasteiger partial charge on any atom is 0.434 e. The van der Waals surface area contributed by atoms with Crippen molar-refractivity contribution in [1.29, 1.82) is 0 Å². The number of hydrogen-bond acceptors (Lipinski definition) is 3. The van der Waals surface area contributed by atoms with Crippen molar-refractivity contribution < 1.29 is 14.7 Å². The van der Waals surface area contributed by atoms with Gasteiger partial charge in [-0.1, -0.05) is 49.4 Å². The van der Waals surface area contributed by atoms with Crippen molar-refractivity contribution in [1.82, 2.24) is 5.06 Å². The molecule has 1 aliphatic rings. The Balaban J connectivity index is 1.87. The van der Waals surface area contributed by atoms with Gasteiger partial charge in [-0.15, -0.1) is 0 Å². The highest BCUT2D eigenvalue weighted by Crippen LogP contribution is 2.22. The molecule has 0 bridgehead atoms. The second-order valence-corrected chi connectivity index (χ2v) is 4.82.